The molecular weight excluding hydrogens is 254 g/mol. The third kappa shape index (κ3) is 2.61. The molecule has 1 aromatic rings. The normalized spacial score (nSPS) is 28.5. The summed E-state index contributed by atoms with van der Waals surface area (Å²) in [6.07, 6.45) is -2.01. The van der Waals surface area contributed by atoms with E-state index in [1.165, 1.54) is 10.8 Å². The highest BCUT2D eigenvalue weighted by atomic mass is 16.5. The molecule has 0 saturated carbocycles. The number of aliphatic hydroxyl groups excluding tert-OH is 2. The number of aromatic amines is 1. The molecular formula is C11H17N3O5. The van der Waals surface area contributed by atoms with E-state index in [2.05, 4.69) is 4.98 Å². The minimum Gasteiger partial charge on any atom is -0.390 e. The summed E-state index contributed by atoms with van der Waals surface area (Å²) in [5.41, 5.74) is 4.66. The SMILES string of the molecule is CCc1cn([C@H]2C[C@H](O)[C@@H](C(N)O)O2)c(=O)[nH]c1=O. The van der Waals surface area contributed by atoms with Crippen molar-refractivity contribution in [1.29, 1.82) is 0 Å². The lowest BCUT2D eigenvalue weighted by Crippen LogP contribution is -2.41. The van der Waals surface area contributed by atoms with E-state index in [0.29, 0.717) is 12.0 Å². The van der Waals surface area contributed by atoms with Gasteiger partial charge in [0.25, 0.3) is 5.56 Å². The van der Waals surface area contributed by atoms with Gasteiger partial charge in [-0.05, 0) is 6.42 Å². The zero-order valence-corrected chi connectivity index (χ0v) is 10.4. The van der Waals surface area contributed by atoms with Gasteiger partial charge in [0.1, 0.15) is 18.6 Å². The van der Waals surface area contributed by atoms with E-state index in [1.54, 1.807) is 6.92 Å². The molecule has 8 heteroatoms. The van der Waals surface area contributed by atoms with Crippen LogP contribution in [0.1, 0.15) is 25.1 Å². The van der Waals surface area contributed by atoms with Gasteiger partial charge in [-0.25, -0.2) is 4.79 Å². The lowest BCUT2D eigenvalue weighted by molar-refractivity contribution is -0.0810. The van der Waals surface area contributed by atoms with Gasteiger partial charge in [-0.1, -0.05) is 6.92 Å². The second-order valence-corrected chi connectivity index (χ2v) is 4.52. The quantitative estimate of drug-likeness (QED) is 0.471. The topological polar surface area (TPSA) is 131 Å². The fraction of sp³-hybridized carbons (Fsp3) is 0.636. The number of rotatable bonds is 3. The molecule has 0 radical (unpaired) electrons. The zero-order chi connectivity index (χ0) is 14.2. The Labute approximate surface area is 108 Å². The maximum atomic E-state index is 11.7. The van der Waals surface area contributed by atoms with E-state index in [4.69, 9.17) is 10.5 Å². The van der Waals surface area contributed by atoms with Crippen LogP contribution in [-0.2, 0) is 11.2 Å². The summed E-state index contributed by atoms with van der Waals surface area (Å²) in [6.45, 7) is 1.79. The first-order valence-corrected chi connectivity index (χ1v) is 6.05. The van der Waals surface area contributed by atoms with Crippen LogP contribution in [-0.4, -0.2) is 38.2 Å². The number of aromatic nitrogens is 2. The van der Waals surface area contributed by atoms with Crippen LogP contribution < -0.4 is 17.0 Å². The summed E-state index contributed by atoms with van der Waals surface area (Å²) in [5.74, 6) is 0. The highest BCUT2D eigenvalue weighted by Gasteiger charge is 2.38. The first-order valence-electron chi connectivity index (χ1n) is 6.05. The summed E-state index contributed by atoms with van der Waals surface area (Å²) in [7, 11) is 0. The van der Waals surface area contributed by atoms with Crippen LogP contribution in [0.4, 0.5) is 0 Å². The summed E-state index contributed by atoms with van der Waals surface area (Å²) in [6, 6.07) is 0. The summed E-state index contributed by atoms with van der Waals surface area (Å²) in [4.78, 5) is 25.4. The smallest absolute Gasteiger partial charge is 0.330 e. The predicted molar refractivity (Wildman–Crippen MR) is 65.4 cm³/mol. The Kier molecular flexibility index (Phi) is 3.85. The molecule has 1 fully saturated rings. The third-order valence-corrected chi connectivity index (χ3v) is 3.21. The molecule has 106 valence electrons. The van der Waals surface area contributed by atoms with E-state index < -0.39 is 35.9 Å². The number of ether oxygens (including phenoxy) is 1. The highest BCUT2D eigenvalue weighted by Crippen LogP contribution is 2.28. The van der Waals surface area contributed by atoms with Gasteiger partial charge in [0.2, 0.25) is 0 Å². The van der Waals surface area contributed by atoms with Gasteiger partial charge in [0, 0.05) is 18.2 Å². The number of hydrogen-bond donors (Lipinski definition) is 4. The molecule has 2 rings (SSSR count). The maximum Gasteiger partial charge on any atom is 0.330 e. The number of nitrogens with two attached hydrogens (primary N) is 1. The van der Waals surface area contributed by atoms with Crippen LogP contribution >= 0.6 is 0 Å². The van der Waals surface area contributed by atoms with Crippen molar-refractivity contribution >= 4 is 0 Å². The zero-order valence-electron chi connectivity index (χ0n) is 10.4. The van der Waals surface area contributed by atoms with Crippen molar-refractivity contribution in [2.75, 3.05) is 0 Å². The average molecular weight is 271 g/mol. The Balaban J connectivity index is 2.34. The van der Waals surface area contributed by atoms with Crippen molar-refractivity contribution in [2.24, 2.45) is 5.73 Å². The van der Waals surface area contributed by atoms with Crippen molar-refractivity contribution in [3.8, 4) is 0 Å². The second-order valence-electron chi connectivity index (χ2n) is 4.52. The molecule has 1 aliphatic rings. The molecule has 19 heavy (non-hydrogen) atoms. The van der Waals surface area contributed by atoms with Crippen LogP contribution in [0.2, 0.25) is 0 Å². The summed E-state index contributed by atoms with van der Waals surface area (Å²) in [5, 5.41) is 19.0. The molecule has 5 N–H and O–H groups in total. The Morgan fingerprint density at radius 1 is 1.63 bits per heavy atom. The van der Waals surface area contributed by atoms with Crippen molar-refractivity contribution in [3.05, 3.63) is 32.6 Å². The first-order chi connectivity index (χ1) is 8.93. The Hall–Kier alpha value is -1.48. The average Bonchev–Trinajstić information content (AvgIpc) is 2.71. The largest absolute Gasteiger partial charge is 0.390 e. The standard InChI is InChI=1S/C11H17N3O5/c1-2-5-4-14(11(18)13-10(5)17)7-3-6(15)8(19-7)9(12)16/h4,6-9,15-16H,2-3,12H2,1H3,(H,13,17,18)/t6-,7+,8-,9?/m0/s1. The molecule has 2 heterocycles. The molecule has 1 unspecified atom stereocenters. The second kappa shape index (κ2) is 5.25. The number of aliphatic hydroxyl groups is 2. The molecule has 0 aliphatic carbocycles. The van der Waals surface area contributed by atoms with Gasteiger partial charge in [-0.3, -0.25) is 14.3 Å². The minimum atomic E-state index is -1.33. The number of nitrogens with one attached hydrogen (secondary N) is 1. The lowest BCUT2D eigenvalue weighted by Gasteiger charge is -2.18. The van der Waals surface area contributed by atoms with E-state index in [1.807, 2.05) is 0 Å². The molecule has 1 aromatic heterocycles. The number of nitrogens with zero attached hydrogens (tertiary/aromatic N) is 1. The summed E-state index contributed by atoms with van der Waals surface area (Å²) >= 11 is 0. The van der Waals surface area contributed by atoms with E-state index in [0.717, 1.165) is 0 Å². The molecule has 8 nitrogen and oxygen atoms in total. The van der Waals surface area contributed by atoms with Gasteiger partial charge in [-0.2, -0.15) is 0 Å². The predicted octanol–water partition coefficient (Wildman–Crippen LogP) is -1.98. The Bertz CT molecular complexity index is 564. The van der Waals surface area contributed by atoms with Gasteiger partial charge in [0.15, 0.2) is 0 Å². The van der Waals surface area contributed by atoms with Crippen molar-refractivity contribution < 1.29 is 14.9 Å². The molecule has 1 saturated heterocycles. The van der Waals surface area contributed by atoms with E-state index in [9.17, 15) is 19.8 Å². The van der Waals surface area contributed by atoms with Crippen molar-refractivity contribution in [3.63, 3.8) is 0 Å². The van der Waals surface area contributed by atoms with E-state index >= 15 is 0 Å². The van der Waals surface area contributed by atoms with Gasteiger partial charge >= 0.3 is 5.69 Å². The molecule has 0 bridgehead atoms. The number of hydrogen-bond acceptors (Lipinski definition) is 6. The monoisotopic (exact) mass is 271 g/mol. The highest BCUT2D eigenvalue weighted by molar-refractivity contribution is 5.04. The van der Waals surface area contributed by atoms with Crippen LogP contribution in [0.15, 0.2) is 15.8 Å². The van der Waals surface area contributed by atoms with Crippen molar-refractivity contribution in [2.45, 2.75) is 44.4 Å². The van der Waals surface area contributed by atoms with Gasteiger partial charge in [0.05, 0.1) is 6.10 Å². The Morgan fingerprint density at radius 3 is 2.84 bits per heavy atom. The molecule has 0 spiro atoms. The maximum absolute atomic E-state index is 11.7. The number of aryl methyl sites for hydroxylation is 1. The van der Waals surface area contributed by atoms with Crippen LogP contribution in [0.5, 0.6) is 0 Å². The fourth-order valence-electron chi connectivity index (χ4n) is 2.15. The fourth-order valence-corrected chi connectivity index (χ4v) is 2.15. The molecule has 0 aromatic carbocycles. The molecule has 0 amide bonds. The summed E-state index contributed by atoms with van der Waals surface area (Å²) < 4.78 is 6.56. The molecule has 4 atom stereocenters. The van der Waals surface area contributed by atoms with Gasteiger partial charge < -0.3 is 20.7 Å². The third-order valence-electron chi connectivity index (χ3n) is 3.21. The van der Waals surface area contributed by atoms with Crippen LogP contribution in [0.3, 0.4) is 0 Å². The van der Waals surface area contributed by atoms with Crippen LogP contribution in [0, 0.1) is 0 Å². The minimum absolute atomic E-state index is 0.119. The van der Waals surface area contributed by atoms with Crippen LogP contribution in [0.25, 0.3) is 0 Å². The lowest BCUT2D eigenvalue weighted by atomic mass is 10.1. The molecule has 1 aliphatic heterocycles. The van der Waals surface area contributed by atoms with Gasteiger partial charge in [-0.15, -0.1) is 0 Å². The van der Waals surface area contributed by atoms with Crippen molar-refractivity contribution in [1.82, 2.24) is 9.55 Å². The Morgan fingerprint density at radius 2 is 2.32 bits per heavy atom. The number of H-pyrrole nitrogens is 1. The van der Waals surface area contributed by atoms with E-state index in [-0.39, 0.29) is 6.42 Å². The first kappa shape index (κ1) is 13.9.